The Morgan fingerprint density at radius 1 is 1.29 bits per heavy atom. The molecular weight excluding hydrogens is 332 g/mol. The van der Waals surface area contributed by atoms with Gasteiger partial charge in [0.25, 0.3) is 11.7 Å². The molecule has 2 aliphatic heterocycles. The molecule has 0 radical (unpaired) electrons. The summed E-state index contributed by atoms with van der Waals surface area (Å²) in [5, 5.41) is 2.65. The lowest BCUT2D eigenvalue weighted by Crippen LogP contribution is -2.26. The van der Waals surface area contributed by atoms with Crippen molar-refractivity contribution in [1.29, 1.82) is 0 Å². The van der Waals surface area contributed by atoms with Crippen LogP contribution in [0.5, 0.6) is 0 Å². The predicted octanol–water partition coefficient (Wildman–Crippen LogP) is 3.60. The quantitative estimate of drug-likeness (QED) is 0.847. The van der Waals surface area contributed by atoms with Crippen LogP contribution in [0.15, 0.2) is 16.6 Å². The first-order valence-electron chi connectivity index (χ1n) is 7.44. The highest BCUT2D eigenvalue weighted by molar-refractivity contribution is 9.10. The van der Waals surface area contributed by atoms with E-state index in [1.165, 1.54) is 19.3 Å². The Balaban J connectivity index is 1.93. The number of amides is 1. The van der Waals surface area contributed by atoms with Crippen LogP contribution in [-0.2, 0) is 4.79 Å². The number of halogens is 1. The van der Waals surface area contributed by atoms with E-state index in [1.807, 2.05) is 6.07 Å². The third-order valence-electron chi connectivity index (χ3n) is 5.07. The molecule has 0 atom stereocenters. The van der Waals surface area contributed by atoms with E-state index in [4.69, 9.17) is 0 Å². The van der Waals surface area contributed by atoms with Gasteiger partial charge in [0, 0.05) is 17.6 Å². The van der Waals surface area contributed by atoms with Crippen LogP contribution in [0.3, 0.4) is 0 Å². The standard InChI is InChI=1S/C16H19BrN2O2/c1-3-16(4-2)5-6-19(9-16)13-8-12-10(7-11(13)17)14(20)15(21)18-12/h7-8H,3-6,9H2,1-2H3,(H,18,20,21). The minimum Gasteiger partial charge on any atom is -0.370 e. The van der Waals surface area contributed by atoms with Crippen molar-refractivity contribution in [3.63, 3.8) is 0 Å². The largest absolute Gasteiger partial charge is 0.370 e. The van der Waals surface area contributed by atoms with Crippen LogP contribution >= 0.6 is 15.9 Å². The van der Waals surface area contributed by atoms with E-state index in [0.717, 1.165) is 23.2 Å². The van der Waals surface area contributed by atoms with Crippen LogP contribution in [0.4, 0.5) is 11.4 Å². The van der Waals surface area contributed by atoms with Crippen molar-refractivity contribution in [3.8, 4) is 0 Å². The zero-order chi connectivity index (χ0) is 15.2. The summed E-state index contributed by atoms with van der Waals surface area (Å²) in [7, 11) is 0. The van der Waals surface area contributed by atoms with E-state index >= 15 is 0 Å². The van der Waals surface area contributed by atoms with Gasteiger partial charge in [0.15, 0.2) is 0 Å². The Morgan fingerprint density at radius 3 is 2.62 bits per heavy atom. The van der Waals surface area contributed by atoms with Crippen LogP contribution in [-0.4, -0.2) is 24.8 Å². The molecule has 0 aromatic heterocycles. The van der Waals surface area contributed by atoms with Crippen LogP contribution in [0.25, 0.3) is 0 Å². The summed E-state index contributed by atoms with van der Waals surface area (Å²) >= 11 is 3.56. The zero-order valence-electron chi connectivity index (χ0n) is 12.3. The molecule has 0 bridgehead atoms. The number of benzene rings is 1. The topological polar surface area (TPSA) is 49.4 Å². The smallest absolute Gasteiger partial charge is 0.296 e. The summed E-state index contributed by atoms with van der Waals surface area (Å²) < 4.78 is 0.883. The monoisotopic (exact) mass is 350 g/mol. The van der Waals surface area contributed by atoms with Crippen molar-refractivity contribution >= 4 is 39.0 Å². The molecule has 5 heteroatoms. The number of Topliss-reactive ketones (excluding diaryl/α,β-unsaturated/α-hetero) is 1. The Morgan fingerprint density at radius 2 is 2.00 bits per heavy atom. The Hall–Kier alpha value is -1.36. The minimum absolute atomic E-state index is 0.386. The number of nitrogens with one attached hydrogen (secondary N) is 1. The second kappa shape index (κ2) is 5.13. The highest BCUT2D eigenvalue weighted by atomic mass is 79.9. The van der Waals surface area contributed by atoms with Crippen molar-refractivity contribution in [3.05, 3.63) is 22.2 Å². The second-order valence-corrected chi connectivity index (χ2v) is 6.87. The van der Waals surface area contributed by atoms with Gasteiger partial charge in [0.2, 0.25) is 0 Å². The normalized spacial score (nSPS) is 19.9. The highest BCUT2D eigenvalue weighted by Gasteiger charge is 2.37. The number of rotatable bonds is 3. The summed E-state index contributed by atoms with van der Waals surface area (Å²) in [5.41, 5.74) is 2.55. The van der Waals surface area contributed by atoms with Gasteiger partial charge in [0.05, 0.1) is 16.9 Å². The van der Waals surface area contributed by atoms with E-state index in [9.17, 15) is 9.59 Å². The number of carbonyl (C=O) groups excluding carboxylic acids is 2. The number of fused-ring (bicyclic) bond motifs is 1. The van der Waals surface area contributed by atoms with Crippen molar-refractivity contribution in [2.24, 2.45) is 5.41 Å². The number of hydrogen-bond donors (Lipinski definition) is 1. The minimum atomic E-state index is -0.535. The first kappa shape index (κ1) is 14.6. The van der Waals surface area contributed by atoms with Crippen LogP contribution in [0.2, 0.25) is 0 Å². The van der Waals surface area contributed by atoms with Gasteiger partial charge in [-0.3, -0.25) is 9.59 Å². The Bertz CT molecular complexity index is 623. The third-order valence-corrected chi connectivity index (χ3v) is 5.70. The van der Waals surface area contributed by atoms with E-state index in [2.05, 4.69) is 40.0 Å². The second-order valence-electron chi connectivity index (χ2n) is 6.01. The molecule has 0 aliphatic carbocycles. The summed E-state index contributed by atoms with van der Waals surface area (Å²) in [6, 6.07) is 3.69. The van der Waals surface area contributed by atoms with Crippen LogP contribution in [0, 0.1) is 5.41 Å². The molecule has 0 saturated carbocycles. The van der Waals surface area contributed by atoms with Gasteiger partial charge in [0.1, 0.15) is 0 Å². The average Bonchev–Trinajstić information content (AvgIpc) is 3.03. The van der Waals surface area contributed by atoms with Crippen molar-refractivity contribution in [2.45, 2.75) is 33.1 Å². The van der Waals surface area contributed by atoms with Crippen LogP contribution in [0.1, 0.15) is 43.5 Å². The van der Waals surface area contributed by atoms with E-state index < -0.39 is 11.7 Å². The lowest BCUT2D eigenvalue weighted by Gasteiger charge is -2.28. The molecule has 1 amide bonds. The van der Waals surface area contributed by atoms with E-state index in [-0.39, 0.29) is 0 Å². The van der Waals surface area contributed by atoms with Gasteiger partial charge in [-0.1, -0.05) is 13.8 Å². The SMILES string of the molecule is CCC1(CC)CCN(c2cc3c(cc2Br)C(=O)C(=O)N3)C1. The molecule has 2 heterocycles. The number of nitrogens with zero attached hydrogens (tertiary/aromatic N) is 1. The first-order chi connectivity index (χ1) is 9.99. The molecule has 1 saturated heterocycles. The molecule has 2 aliphatic rings. The van der Waals surface area contributed by atoms with Gasteiger partial charge in [-0.2, -0.15) is 0 Å². The van der Waals surface area contributed by atoms with Gasteiger partial charge in [-0.05, 0) is 52.7 Å². The molecule has 1 fully saturated rings. The molecule has 4 nitrogen and oxygen atoms in total. The highest BCUT2D eigenvalue weighted by Crippen LogP contribution is 2.43. The molecular formula is C16H19BrN2O2. The summed E-state index contributed by atoms with van der Waals surface area (Å²) in [6.45, 7) is 6.55. The predicted molar refractivity (Wildman–Crippen MR) is 86.9 cm³/mol. The Kier molecular flexibility index (Phi) is 3.56. The summed E-state index contributed by atoms with van der Waals surface area (Å²) in [5.74, 6) is -0.984. The maximum absolute atomic E-state index is 11.7. The number of ketones is 1. The average molecular weight is 351 g/mol. The molecule has 21 heavy (non-hydrogen) atoms. The van der Waals surface area contributed by atoms with E-state index in [0.29, 0.717) is 16.7 Å². The molecule has 1 aromatic rings. The van der Waals surface area contributed by atoms with Gasteiger partial charge >= 0.3 is 0 Å². The third kappa shape index (κ3) is 2.27. The van der Waals surface area contributed by atoms with Gasteiger partial charge < -0.3 is 10.2 Å². The van der Waals surface area contributed by atoms with Crippen molar-refractivity contribution in [2.75, 3.05) is 23.3 Å². The lowest BCUT2D eigenvalue weighted by molar-refractivity contribution is -0.112. The first-order valence-corrected chi connectivity index (χ1v) is 8.23. The molecule has 3 rings (SSSR count). The molecule has 1 aromatic carbocycles. The summed E-state index contributed by atoms with van der Waals surface area (Å²) in [4.78, 5) is 25.6. The van der Waals surface area contributed by atoms with Crippen molar-refractivity contribution in [1.82, 2.24) is 0 Å². The maximum Gasteiger partial charge on any atom is 0.296 e. The maximum atomic E-state index is 11.7. The zero-order valence-corrected chi connectivity index (χ0v) is 13.9. The molecule has 112 valence electrons. The fourth-order valence-electron chi connectivity index (χ4n) is 3.36. The fraction of sp³-hybridized carbons (Fsp3) is 0.500. The van der Waals surface area contributed by atoms with E-state index in [1.54, 1.807) is 6.07 Å². The van der Waals surface area contributed by atoms with Crippen LogP contribution < -0.4 is 10.2 Å². The molecule has 0 unspecified atom stereocenters. The van der Waals surface area contributed by atoms with Gasteiger partial charge in [-0.15, -0.1) is 0 Å². The molecule has 0 spiro atoms. The lowest BCUT2D eigenvalue weighted by atomic mass is 9.82. The fourth-order valence-corrected chi connectivity index (χ4v) is 3.96. The molecule has 1 N–H and O–H groups in total. The Labute approximate surface area is 133 Å². The summed E-state index contributed by atoms with van der Waals surface area (Å²) in [6.07, 6.45) is 3.55. The number of carbonyl (C=O) groups is 2. The van der Waals surface area contributed by atoms with Gasteiger partial charge in [-0.25, -0.2) is 0 Å². The van der Waals surface area contributed by atoms with Crippen molar-refractivity contribution < 1.29 is 9.59 Å². The number of hydrogen-bond acceptors (Lipinski definition) is 3. The number of anilines is 2.